The highest BCUT2D eigenvalue weighted by Gasteiger charge is 2.27. The Balaban J connectivity index is 2.23. The molecule has 1 aliphatic rings. The second-order valence-corrected chi connectivity index (χ2v) is 5.77. The largest absolute Gasteiger partial charge is 0.366 e. The van der Waals surface area contributed by atoms with E-state index in [1.165, 1.54) is 0 Å². The van der Waals surface area contributed by atoms with Gasteiger partial charge in [0.25, 0.3) is 0 Å². The van der Waals surface area contributed by atoms with Crippen LogP contribution in [0.4, 0.5) is 10.1 Å². The van der Waals surface area contributed by atoms with E-state index >= 15 is 0 Å². The van der Waals surface area contributed by atoms with Gasteiger partial charge in [-0.1, -0.05) is 6.07 Å². The second-order valence-electron chi connectivity index (χ2n) is 5.77. The molecule has 1 aromatic rings. The van der Waals surface area contributed by atoms with E-state index in [9.17, 15) is 4.39 Å². The van der Waals surface area contributed by atoms with Gasteiger partial charge in [0.2, 0.25) is 0 Å². The van der Waals surface area contributed by atoms with E-state index in [-0.39, 0.29) is 11.9 Å². The molecular formula is C15H24FN3. The van der Waals surface area contributed by atoms with Crippen molar-refractivity contribution in [2.75, 3.05) is 25.0 Å². The maximum Gasteiger partial charge on any atom is 0.146 e. The third kappa shape index (κ3) is 2.90. The number of nitrogens with zero attached hydrogens (tertiary/aromatic N) is 2. The minimum atomic E-state index is -0.168. The molecule has 4 heteroatoms. The summed E-state index contributed by atoms with van der Waals surface area (Å²) in [5.74, 6) is -0.168. The number of hydrogen-bond acceptors (Lipinski definition) is 3. The molecule has 0 spiro atoms. The lowest BCUT2D eigenvalue weighted by Gasteiger charge is -2.43. The maximum absolute atomic E-state index is 14.2. The lowest BCUT2D eigenvalue weighted by atomic mass is 10.1. The molecule has 1 fully saturated rings. The molecule has 0 amide bonds. The van der Waals surface area contributed by atoms with E-state index in [1.807, 2.05) is 19.1 Å². The first-order chi connectivity index (χ1) is 8.90. The van der Waals surface area contributed by atoms with E-state index in [0.29, 0.717) is 17.8 Å². The Labute approximate surface area is 115 Å². The summed E-state index contributed by atoms with van der Waals surface area (Å²) in [4.78, 5) is 4.47. The quantitative estimate of drug-likeness (QED) is 0.891. The second kappa shape index (κ2) is 5.47. The summed E-state index contributed by atoms with van der Waals surface area (Å²) >= 11 is 0. The summed E-state index contributed by atoms with van der Waals surface area (Å²) in [7, 11) is 2.13. The third-order valence-corrected chi connectivity index (χ3v) is 4.20. The van der Waals surface area contributed by atoms with Crippen molar-refractivity contribution in [3.63, 3.8) is 0 Å². The first-order valence-corrected chi connectivity index (χ1v) is 6.92. The van der Waals surface area contributed by atoms with Gasteiger partial charge in [0, 0.05) is 31.2 Å². The highest BCUT2D eigenvalue weighted by molar-refractivity contribution is 5.50. The summed E-state index contributed by atoms with van der Waals surface area (Å²) in [5, 5.41) is 0. The Kier molecular flexibility index (Phi) is 4.11. The number of rotatable bonds is 2. The monoisotopic (exact) mass is 265 g/mol. The molecule has 0 aliphatic carbocycles. The Bertz CT molecular complexity index is 435. The molecular weight excluding hydrogens is 241 g/mol. The van der Waals surface area contributed by atoms with Crippen molar-refractivity contribution in [1.82, 2.24) is 4.90 Å². The van der Waals surface area contributed by atoms with Crippen molar-refractivity contribution in [2.24, 2.45) is 5.73 Å². The summed E-state index contributed by atoms with van der Waals surface area (Å²) in [6, 6.07) is 6.07. The molecule has 1 aliphatic heterocycles. The summed E-state index contributed by atoms with van der Waals surface area (Å²) in [6.45, 7) is 7.94. The molecule has 3 nitrogen and oxygen atoms in total. The molecule has 2 rings (SSSR count). The van der Waals surface area contributed by atoms with Gasteiger partial charge < -0.3 is 10.6 Å². The van der Waals surface area contributed by atoms with Crippen LogP contribution >= 0.6 is 0 Å². The zero-order valence-corrected chi connectivity index (χ0v) is 12.2. The molecule has 1 saturated heterocycles. The van der Waals surface area contributed by atoms with Gasteiger partial charge in [-0.3, -0.25) is 4.90 Å². The highest BCUT2D eigenvalue weighted by atomic mass is 19.1. The van der Waals surface area contributed by atoms with Gasteiger partial charge >= 0.3 is 0 Å². The van der Waals surface area contributed by atoms with Crippen molar-refractivity contribution >= 4 is 5.69 Å². The topological polar surface area (TPSA) is 32.5 Å². The van der Waals surface area contributed by atoms with Gasteiger partial charge in [0.15, 0.2) is 0 Å². The lowest BCUT2D eigenvalue weighted by molar-refractivity contribution is 0.169. The number of anilines is 1. The molecule has 1 aromatic carbocycles. The molecule has 1 heterocycles. The maximum atomic E-state index is 14.2. The zero-order chi connectivity index (χ0) is 14.2. The van der Waals surface area contributed by atoms with E-state index in [2.05, 4.69) is 30.7 Å². The standard InChI is InChI=1S/C15H24FN3/c1-10-8-19(9-11(2)18(10)4)15-6-5-13(12(3)17)7-14(15)16/h5-7,10-12H,8-9,17H2,1-4H3. The molecule has 0 saturated carbocycles. The minimum absolute atomic E-state index is 0.131. The van der Waals surface area contributed by atoms with Crippen LogP contribution in [-0.2, 0) is 0 Å². The smallest absolute Gasteiger partial charge is 0.146 e. The average Bonchev–Trinajstić information content (AvgIpc) is 2.35. The molecule has 3 atom stereocenters. The van der Waals surface area contributed by atoms with Crippen LogP contribution in [0.15, 0.2) is 18.2 Å². The van der Waals surface area contributed by atoms with E-state index in [4.69, 9.17) is 5.73 Å². The Morgan fingerprint density at radius 3 is 2.32 bits per heavy atom. The van der Waals surface area contributed by atoms with E-state index in [1.54, 1.807) is 6.07 Å². The van der Waals surface area contributed by atoms with Crippen molar-refractivity contribution in [1.29, 1.82) is 0 Å². The molecule has 0 bridgehead atoms. The van der Waals surface area contributed by atoms with Gasteiger partial charge in [0.05, 0.1) is 5.69 Å². The van der Waals surface area contributed by atoms with Crippen LogP contribution in [0.25, 0.3) is 0 Å². The fraction of sp³-hybridized carbons (Fsp3) is 0.600. The molecule has 2 N–H and O–H groups in total. The van der Waals surface area contributed by atoms with E-state index in [0.717, 1.165) is 18.7 Å². The van der Waals surface area contributed by atoms with Crippen molar-refractivity contribution in [2.45, 2.75) is 38.9 Å². The number of halogens is 1. The van der Waals surface area contributed by atoms with Crippen molar-refractivity contribution in [3.05, 3.63) is 29.6 Å². The van der Waals surface area contributed by atoms with Crippen LogP contribution in [0, 0.1) is 5.82 Å². The Hall–Kier alpha value is -1.13. The van der Waals surface area contributed by atoms with Gasteiger partial charge in [0.1, 0.15) is 5.82 Å². The first kappa shape index (κ1) is 14.3. The SMILES string of the molecule is CC(N)c1ccc(N2CC(C)N(C)C(C)C2)c(F)c1. The van der Waals surface area contributed by atoms with Crippen molar-refractivity contribution in [3.8, 4) is 0 Å². The Morgan fingerprint density at radius 1 is 1.26 bits per heavy atom. The van der Waals surface area contributed by atoms with Crippen LogP contribution in [0.3, 0.4) is 0 Å². The van der Waals surface area contributed by atoms with Gasteiger partial charge in [-0.15, -0.1) is 0 Å². The fourth-order valence-corrected chi connectivity index (χ4v) is 2.66. The Morgan fingerprint density at radius 2 is 1.84 bits per heavy atom. The van der Waals surface area contributed by atoms with Crippen molar-refractivity contribution < 1.29 is 4.39 Å². The normalized spacial score (nSPS) is 26.5. The fourth-order valence-electron chi connectivity index (χ4n) is 2.66. The van der Waals surface area contributed by atoms with Crippen LogP contribution in [0.5, 0.6) is 0 Å². The number of nitrogens with two attached hydrogens (primary N) is 1. The number of likely N-dealkylation sites (N-methyl/N-ethyl adjacent to an activating group) is 1. The van der Waals surface area contributed by atoms with E-state index < -0.39 is 0 Å². The van der Waals surface area contributed by atoms with Gasteiger partial charge in [-0.2, -0.15) is 0 Å². The minimum Gasteiger partial charge on any atom is -0.366 e. The summed E-state index contributed by atoms with van der Waals surface area (Å²) < 4.78 is 14.2. The molecule has 106 valence electrons. The molecule has 0 aromatic heterocycles. The average molecular weight is 265 g/mol. The third-order valence-electron chi connectivity index (χ3n) is 4.20. The van der Waals surface area contributed by atoms with Gasteiger partial charge in [-0.25, -0.2) is 4.39 Å². The lowest BCUT2D eigenvalue weighted by Crippen LogP contribution is -2.55. The number of piperazine rings is 1. The van der Waals surface area contributed by atoms with Gasteiger partial charge in [-0.05, 0) is 45.5 Å². The molecule has 3 unspecified atom stereocenters. The highest BCUT2D eigenvalue weighted by Crippen LogP contribution is 2.26. The predicted octanol–water partition coefficient (Wildman–Crippen LogP) is 2.37. The van der Waals surface area contributed by atoms with Crippen LogP contribution < -0.4 is 10.6 Å². The zero-order valence-electron chi connectivity index (χ0n) is 12.2. The van der Waals surface area contributed by atoms with Crippen LogP contribution in [-0.4, -0.2) is 37.1 Å². The molecule has 0 radical (unpaired) electrons. The predicted molar refractivity (Wildman–Crippen MR) is 77.9 cm³/mol. The first-order valence-electron chi connectivity index (χ1n) is 6.92. The van der Waals surface area contributed by atoms with Crippen LogP contribution in [0.1, 0.15) is 32.4 Å². The summed E-state index contributed by atoms with van der Waals surface area (Å²) in [6.07, 6.45) is 0. The number of benzene rings is 1. The number of hydrogen-bond donors (Lipinski definition) is 1. The van der Waals surface area contributed by atoms with Crippen LogP contribution in [0.2, 0.25) is 0 Å². The molecule has 19 heavy (non-hydrogen) atoms. The summed E-state index contributed by atoms with van der Waals surface area (Å²) in [5.41, 5.74) is 7.32.